The SMILES string of the molecule is CCN1CCNN(C)c2c(cnc(C)c2C)C(N2CCC(C)C2)=NCC1C. The molecule has 150 valence electrons. The number of aryl methyl sites for hydroxylation is 1. The first kappa shape index (κ1) is 20.1. The van der Waals surface area contributed by atoms with E-state index in [0.717, 1.165) is 56.4 Å². The maximum atomic E-state index is 5.18. The maximum Gasteiger partial charge on any atom is 0.134 e. The Labute approximate surface area is 164 Å². The van der Waals surface area contributed by atoms with Gasteiger partial charge in [0.15, 0.2) is 0 Å². The number of nitrogens with zero attached hydrogens (tertiary/aromatic N) is 5. The minimum absolute atomic E-state index is 0.429. The van der Waals surface area contributed by atoms with Crippen LogP contribution in [0.25, 0.3) is 0 Å². The monoisotopic (exact) mass is 372 g/mol. The highest BCUT2D eigenvalue weighted by Crippen LogP contribution is 2.29. The number of amidine groups is 1. The first-order valence-corrected chi connectivity index (χ1v) is 10.4. The molecule has 1 saturated heterocycles. The van der Waals surface area contributed by atoms with Gasteiger partial charge in [0.2, 0.25) is 0 Å². The summed E-state index contributed by atoms with van der Waals surface area (Å²) in [6, 6.07) is 0.429. The Kier molecular flexibility index (Phi) is 6.37. The largest absolute Gasteiger partial charge is 0.356 e. The summed E-state index contributed by atoms with van der Waals surface area (Å²) in [4.78, 5) is 14.8. The first-order chi connectivity index (χ1) is 12.9. The zero-order valence-electron chi connectivity index (χ0n) is 17.9. The fraction of sp³-hybridized carbons (Fsp3) is 0.714. The molecule has 1 aromatic rings. The van der Waals surface area contributed by atoms with Crippen molar-refractivity contribution in [2.24, 2.45) is 10.9 Å². The van der Waals surface area contributed by atoms with Gasteiger partial charge in [0.1, 0.15) is 5.84 Å². The molecule has 2 aliphatic rings. The minimum atomic E-state index is 0.429. The molecule has 3 heterocycles. The third-order valence-electron chi connectivity index (χ3n) is 6.12. The standard InChI is InChI=1S/C21H36N6/c1-7-26-11-9-24-25(6)20-17(4)18(5)22-13-19(20)21(23-12-16(26)3)27-10-8-15(2)14-27/h13,15-16,24H,7-12,14H2,1-6H3. The molecule has 6 heteroatoms. The van der Waals surface area contributed by atoms with E-state index < -0.39 is 0 Å². The molecule has 2 unspecified atom stereocenters. The predicted molar refractivity (Wildman–Crippen MR) is 114 cm³/mol. The Morgan fingerprint density at radius 1 is 1.22 bits per heavy atom. The van der Waals surface area contributed by atoms with Crippen LogP contribution in [0.2, 0.25) is 0 Å². The van der Waals surface area contributed by atoms with Gasteiger partial charge in [-0.3, -0.25) is 14.9 Å². The lowest BCUT2D eigenvalue weighted by molar-refractivity contribution is 0.224. The summed E-state index contributed by atoms with van der Waals surface area (Å²) < 4.78 is 0. The fourth-order valence-corrected chi connectivity index (χ4v) is 4.24. The number of likely N-dealkylation sites (N-methyl/N-ethyl adjacent to an activating group) is 1. The van der Waals surface area contributed by atoms with E-state index >= 15 is 0 Å². The number of hydrazine groups is 1. The van der Waals surface area contributed by atoms with Crippen LogP contribution in [0, 0.1) is 19.8 Å². The molecular formula is C21H36N6. The van der Waals surface area contributed by atoms with Gasteiger partial charge in [0.05, 0.1) is 17.8 Å². The van der Waals surface area contributed by atoms with Crippen molar-refractivity contribution in [3.63, 3.8) is 0 Å². The Balaban J connectivity index is 2.08. The summed E-state index contributed by atoms with van der Waals surface area (Å²) in [7, 11) is 2.12. The van der Waals surface area contributed by atoms with E-state index in [1.54, 1.807) is 0 Å². The number of hydrogen-bond donors (Lipinski definition) is 1. The fourth-order valence-electron chi connectivity index (χ4n) is 4.24. The second-order valence-corrected chi connectivity index (χ2v) is 8.18. The average molecular weight is 373 g/mol. The molecule has 3 rings (SSSR count). The van der Waals surface area contributed by atoms with Crippen molar-refractivity contribution in [1.82, 2.24) is 20.2 Å². The molecule has 27 heavy (non-hydrogen) atoms. The van der Waals surface area contributed by atoms with Crippen molar-refractivity contribution in [3.8, 4) is 0 Å². The van der Waals surface area contributed by atoms with Gasteiger partial charge in [-0.15, -0.1) is 0 Å². The van der Waals surface area contributed by atoms with Crippen LogP contribution in [0.15, 0.2) is 11.2 Å². The van der Waals surface area contributed by atoms with Crippen LogP contribution in [0.1, 0.15) is 44.0 Å². The van der Waals surface area contributed by atoms with Gasteiger partial charge in [-0.25, -0.2) is 5.43 Å². The van der Waals surface area contributed by atoms with E-state index in [-0.39, 0.29) is 0 Å². The third-order valence-corrected chi connectivity index (χ3v) is 6.12. The lowest BCUT2D eigenvalue weighted by atomic mass is 10.1. The van der Waals surface area contributed by atoms with E-state index in [1.165, 1.54) is 17.7 Å². The Morgan fingerprint density at radius 2 is 2.00 bits per heavy atom. The topological polar surface area (TPSA) is 47.0 Å². The van der Waals surface area contributed by atoms with Crippen LogP contribution in [0.5, 0.6) is 0 Å². The van der Waals surface area contributed by atoms with Crippen molar-refractivity contribution in [1.29, 1.82) is 0 Å². The van der Waals surface area contributed by atoms with Crippen LogP contribution in [0.3, 0.4) is 0 Å². The van der Waals surface area contributed by atoms with Crippen molar-refractivity contribution in [2.45, 2.75) is 47.1 Å². The number of aliphatic imine (C=N–C) groups is 1. The number of anilines is 1. The summed E-state index contributed by atoms with van der Waals surface area (Å²) in [5.41, 5.74) is 8.26. The van der Waals surface area contributed by atoms with Crippen LogP contribution < -0.4 is 10.4 Å². The smallest absolute Gasteiger partial charge is 0.134 e. The van der Waals surface area contributed by atoms with E-state index in [0.29, 0.717) is 12.0 Å². The second kappa shape index (κ2) is 8.57. The normalized spacial score (nSPS) is 25.2. The van der Waals surface area contributed by atoms with Crippen LogP contribution in [-0.2, 0) is 0 Å². The summed E-state index contributed by atoms with van der Waals surface area (Å²) in [6.07, 6.45) is 3.26. The molecule has 0 aromatic carbocycles. The van der Waals surface area contributed by atoms with Gasteiger partial charge in [-0.1, -0.05) is 13.8 Å². The molecule has 0 aliphatic carbocycles. The zero-order valence-corrected chi connectivity index (χ0v) is 17.9. The molecular weight excluding hydrogens is 336 g/mol. The number of nitrogens with one attached hydrogen (secondary N) is 1. The van der Waals surface area contributed by atoms with Gasteiger partial charge < -0.3 is 9.91 Å². The lowest BCUT2D eigenvalue weighted by Gasteiger charge is -2.29. The van der Waals surface area contributed by atoms with E-state index in [9.17, 15) is 0 Å². The van der Waals surface area contributed by atoms with Crippen molar-refractivity contribution in [3.05, 3.63) is 23.0 Å². The Morgan fingerprint density at radius 3 is 2.67 bits per heavy atom. The number of pyridine rings is 1. The lowest BCUT2D eigenvalue weighted by Crippen LogP contribution is -2.44. The van der Waals surface area contributed by atoms with Gasteiger partial charge >= 0.3 is 0 Å². The molecule has 0 amide bonds. The molecule has 2 atom stereocenters. The summed E-state index contributed by atoms with van der Waals surface area (Å²) >= 11 is 0. The number of rotatable bonds is 1. The van der Waals surface area contributed by atoms with E-state index in [1.807, 2.05) is 6.20 Å². The second-order valence-electron chi connectivity index (χ2n) is 8.18. The highest BCUT2D eigenvalue weighted by Gasteiger charge is 2.27. The number of likely N-dealkylation sites (tertiary alicyclic amines) is 1. The maximum absolute atomic E-state index is 5.18. The van der Waals surface area contributed by atoms with E-state index in [2.05, 4.69) is 61.9 Å². The molecule has 6 nitrogen and oxygen atoms in total. The van der Waals surface area contributed by atoms with E-state index in [4.69, 9.17) is 9.98 Å². The average Bonchev–Trinajstić information content (AvgIpc) is 3.06. The number of fused-ring (bicyclic) bond motifs is 1. The molecule has 1 N–H and O–H groups in total. The van der Waals surface area contributed by atoms with Gasteiger partial charge in [-0.05, 0) is 45.2 Å². The zero-order chi connectivity index (χ0) is 19.6. The number of aromatic nitrogens is 1. The Bertz CT molecular complexity index is 685. The highest BCUT2D eigenvalue weighted by molar-refractivity contribution is 6.04. The molecule has 2 aliphatic heterocycles. The predicted octanol–water partition coefficient (Wildman–Crippen LogP) is 2.45. The molecule has 0 spiro atoms. The molecule has 0 saturated carbocycles. The summed E-state index contributed by atoms with van der Waals surface area (Å²) in [5, 5.41) is 2.18. The highest BCUT2D eigenvalue weighted by atomic mass is 15.5. The molecule has 0 radical (unpaired) electrons. The van der Waals surface area contributed by atoms with Gasteiger partial charge in [-0.2, -0.15) is 0 Å². The number of hydrogen-bond acceptors (Lipinski definition) is 6. The van der Waals surface area contributed by atoms with Crippen LogP contribution in [-0.4, -0.2) is 73.0 Å². The summed E-state index contributed by atoms with van der Waals surface area (Å²) in [5.74, 6) is 1.83. The first-order valence-electron chi connectivity index (χ1n) is 10.4. The molecule has 0 bridgehead atoms. The van der Waals surface area contributed by atoms with Crippen LogP contribution in [0.4, 0.5) is 5.69 Å². The third kappa shape index (κ3) is 4.27. The summed E-state index contributed by atoms with van der Waals surface area (Å²) in [6.45, 7) is 17.1. The van der Waals surface area contributed by atoms with Gasteiger partial charge in [0, 0.05) is 51.2 Å². The molecule has 1 fully saturated rings. The van der Waals surface area contributed by atoms with Gasteiger partial charge in [0.25, 0.3) is 0 Å². The minimum Gasteiger partial charge on any atom is -0.356 e. The van der Waals surface area contributed by atoms with Crippen molar-refractivity contribution >= 4 is 11.5 Å². The van der Waals surface area contributed by atoms with Crippen LogP contribution >= 0.6 is 0 Å². The Hall–Kier alpha value is -1.66. The quantitative estimate of drug-likeness (QED) is 0.820. The van der Waals surface area contributed by atoms with Crippen molar-refractivity contribution in [2.75, 3.05) is 51.3 Å². The molecule has 1 aromatic heterocycles. The van der Waals surface area contributed by atoms with Crippen molar-refractivity contribution < 1.29 is 0 Å².